The van der Waals surface area contributed by atoms with Gasteiger partial charge in [0, 0.05) is 10.6 Å². The summed E-state index contributed by atoms with van der Waals surface area (Å²) in [5, 5.41) is 14.2. The Kier molecular flexibility index (Phi) is 7.85. The number of rotatable bonds is 7. The van der Waals surface area contributed by atoms with E-state index in [0.29, 0.717) is 10.6 Å². The number of aromatic carboxylic acids is 1. The Bertz CT molecular complexity index is 1250. The van der Waals surface area contributed by atoms with Crippen molar-refractivity contribution in [2.24, 2.45) is 0 Å². The Hall–Kier alpha value is -3.50. The smallest absolute Gasteiger partial charge is 0.416 e. The maximum absolute atomic E-state index is 12.9. The lowest BCUT2D eigenvalue weighted by Crippen LogP contribution is -2.16. The van der Waals surface area contributed by atoms with Crippen molar-refractivity contribution in [3.05, 3.63) is 88.4 Å². The van der Waals surface area contributed by atoms with Crippen LogP contribution in [0.3, 0.4) is 0 Å². The summed E-state index contributed by atoms with van der Waals surface area (Å²) in [5.41, 5.74) is -0.870. The molecular formula is C23H16ClF3N2O4S. The monoisotopic (exact) mass is 508 g/mol. The highest BCUT2D eigenvalue weighted by atomic mass is 35.5. The Morgan fingerprint density at radius 3 is 2.29 bits per heavy atom. The predicted molar refractivity (Wildman–Crippen MR) is 124 cm³/mol. The zero-order valence-electron chi connectivity index (χ0n) is 17.2. The van der Waals surface area contributed by atoms with Crippen LogP contribution in [0, 0.1) is 0 Å². The highest BCUT2D eigenvalue weighted by Crippen LogP contribution is 2.34. The molecule has 11 heteroatoms. The molecule has 3 aromatic rings. The zero-order chi connectivity index (χ0) is 24.9. The van der Waals surface area contributed by atoms with Crippen LogP contribution >= 0.6 is 23.4 Å². The van der Waals surface area contributed by atoms with Gasteiger partial charge in [-0.25, -0.2) is 4.79 Å². The minimum atomic E-state index is -4.57. The van der Waals surface area contributed by atoms with Crippen LogP contribution in [0.5, 0.6) is 0 Å². The van der Waals surface area contributed by atoms with E-state index in [2.05, 4.69) is 10.6 Å². The van der Waals surface area contributed by atoms with Gasteiger partial charge in [-0.05, 0) is 48.5 Å². The lowest BCUT2D eigenvalue weighted by molar-refractivity contribution is -0.137. The summed E-state index contributed by atoms with van der Waals surface area (Å²) in [5.74, 6) is -2.55. The van der Waals surface area contributed by atoms with Crippen molar-refractivity contribution in [3.63, 3.8) is 0 Å². The molecule has 176 valence electrons. The summed E-state index contributed by atoms with van der Waals surface area (Å²) in [6, 6.07) is 14.9. The van der Waals surface area contributed by atoms with Gasteiger partial charge in [-0.15, -0.1) is 11.8 Å². The number of carbonyl (C=O) groups excluding carboxylic acids is 2. The Labute approximate surface area is 201 Å². The van der Waals surface area contributed by atoms with Crippen LogP contribution in [0.4, 0.5) is 24.5 Å². The topological polar surface area (TPSA) is 95.5 Å². The molecule has 2 amide bonds. The number of benzene rings is 3. The van der Waals surface area contributed by atoms with Crippen LogP contribution in [0.2, 0.25) is 5.02 Å². The fraction of sp³-hybridized carbons (Fsp3) is 0.0870. The van der Waals surface area contributed by atoms with Crippen LogP contribution in [0.1, 0.15) is 26.3 Å². The molecule has 0 spiro atoms. The SMILES string of the molecule is O=C(CSc1cccc(NC(=O)c2ccccc2C(=O)O)c1)Nc1cc(C(F)(F)F)ccc1Cl. The predicted octanol–water partition coefficient (Wildman–Crippen LogP) is 6.04. The summed E-state index contributed by atoms with van der Waals surface area (Å²) < 4.78 is 38.7. The van der Waals surface area contributed by atoms with Gasteiger partial charge in [-0.3, -0.25) is 9.59 Å². The fourth-order valence-corrected chi connectivity index (χ4v) is 3.78. The molecule has 0 saturated heterocycles. The molecule has 6 nitrogen and oxygen atoms in total. The third-order valence-electron chi connectivity index (χ3n) is 4.43. The van der Waals surface area contributed by atoms with E-state index in [9.17, 15) is 32.7 Å². The van der Waals surface area contributed by atoms with Crippen LogP contribution in [0.25, 0.3) is 0 Å². The number of carbonyl (C=O) groups is 3. The number of alkyl halides is 3. The normalized spacial score (nSPS) is 11.1. The lowest BCUT2D eigenvalue weighted by atomic mass is 10.1. The second-order valence-corrected chi connectivity index (χ2v) is 8.32. The van der Waals surface area contributed by atoms with E-state index in [0.717, 1.165) is 30.0 Å². The first-order chi connectivity index (χ1) is 16.0. The number of carboxylic acids is 1. The molecule has 0 unspecified atom stereocenters. The summed E-state index contributed by atoms with van der Waals surface area (Å²) in [4.78, 5) is 36.7. The number of amides is 2. The van der Waals surface area contributed by atoms with Crippen LogP contribution in [-0.4, -0.2) is 28.6 Å². The molecule has 0 aromatic heterocycles. The van der Waals surface area contributed by atoms with E-state index in [1.54, 1.807) is 30.3 Å². The number of thioether (sulfide) groups is 1. The average Bonchev–Trinajstić information content (AvgIpc) is 2.78. The molecule has 0 radical (unpaired) electrons. The van der Waals surface area contributed by atoms with Crippen LogP contribution in [0.15, 0.2) is 71.6 Å². The van der Waals surface area contributed by atoms with Crippen molar-refractivity contribution < 1.29 is 32.7 Å². The standard InChI is InChI=1S/C23H16ClF3N2O4S/c24-18-9-8-13(23(25,26)27)10-19(18)29-20(30)12-34-15-5-3-4-14(11-15)28-21(31)16-6-1-2-7-17(16)22(32)33/h1-11H,12H2,(H,28,31)(H,29,30)(H,32,33). The molecule has 0 bridgehead atoms. The van der Waals surface area contributed by atoms with Crippen LogP contribution in [-0.2, 0) is 11.0 Å². The highest BCUT2D eigenvalue weighted by Gasteiger charge is 2.31. The van der Waals surface area contributed by atoms with E-state index in [1.165, 1.54) is 18.2 Å². The van der Waals surface area contributed by atoms with E-state index in [4.69, 9.17) is 11.6 Å². The third-order valence-corrected chi connectivity index (χ3v) is 5.76. The van der Waals surface area contributed by atoms with E-state index in [1.807, 2.05) is 0 Å². The maximum atomic E-state index is 12.9. The van der Waals surface area contributed by atoms with Gasteiger partial charge < -0.3 is 15.7 Å². The van der Waals surface area contributed by atoms with Crippen molar-refractivity contribution >= 4 is 52.5 Å². The molecule has 0 saturated carbocycles. The van der Waals surface area contributed by atoms with Gasteiger partial charge in [0.15, 0.2) is 0 Å². The quantitative estimate of drug-likeness (QED) is 0.338. The number of nitrogens with one attached hydrogen (secondary N) is 2. The van der Waals surface area contributed by atoms with Gasteiger partial charge in [-0.1, -0.05) is 29.8 Å². The van der Waals surface area contributed by atoms with Gasteiger partial charge in [0.1, 0.15) is 0 Å². The Morgan fingerprint density at radius 2 is 1.62 bits per heavy atom. The van der Waals surface area contributed by atoms with Crippen molar-refractivity contribution in [2.45, 2.75) is 11.1 Å². The molecule has 34 heavy (non-hydrogen) atoms. The number of halogens is 4. The zero-order valence-corrected chi connectivity index (χ0v) is 18.7. The third kappa shape index (κ3) is 6.52. The number of anilines is 2. The summed E-state index contributed by atoms with van der Waals surface area (Å²) in [6.45, 7) is 0. The Morgan fingerprint density at radius 1 is 0.912 bits per heavy atom. The first-order valence-electron chi connectivity index (χ1n) is 9.58. The summed E-state index contributed by atoms with van der Waals surface area (Å²) in [6.07, 6.45) is -4.57. The van der Waals surface area contributed by atoms with E-state index in [-0.39, 0.29) is 27.6 Å². The molecule has 0 aliphatic heterocycles. The second-order valence-electron chi connectivity index (χ2n) is 6.86. The minimum Gasteiger partial charge on any atom is -0.478 e. The van der Waals surface area contributed by atoms with Crippen molar-refractivity contribution in [2.75, 3.05) is 16.4 Å². The molecular weight excluding hydrogens is 493 g/mol. The number of hydrogen-bond donors (Lipinski definition) is 3. The molecule has 0 aliphatic rings. The van der Waals surface area contributed by atoms with Gasteiger partial charge >= 0.3 is 12.1 Å². The first kappa shape index (κ1) is 25.1. The number of carboxylic acid groups (broad SMARTS) is 1. The first-order valence-corrected chi connectivity index (χ1v) is 10.9. The van der Waals surface area contributed by atoms with Gasteiger partial charge in [0.25, 0.3) is 5.91 Å². The lowest BCUT2D eigenvalue weighted by Gasteiger charge is -2.12. The van der Waals surface area contributed by atoms with Gasteiger partial charge in [0.2, 0.25) is 5.91 Å². The van der Waals surface area contributed by atoms with Gasteiger partial charge in [-0.2, -0.15) is 13.2 Å². The van der Waals surface area contributed by atoms with Gasteiger partial charge in [0.05, 0.1) is 33.2 Å². The molecule has 0 atom stereocenters. The molecule has 3 rings (SSSR count). The average molecular weight is 509 g/mol. The minimum absolute atomic E-state index is 0.00889. The van der Waals surface area contributed by atoms with Crippen LogP contribution < -0.4 is 10.6 Å². The van der Waals surface area contributed by atoms with E-state index < -0.39 is 29.5 Å². The Balaban J connectivity index is 1.64. The molecule has 0 heterocycles. The molecule has 0 fully saturated rings. The van der Waals surface area contributed by atoms with Crippen molar-refractivity contribution in [1.29, 1.82) is 0 Å². The fourth-order valence-electron chi connectivity index (χ4n) is 2.86. The number of hydrogen-bond acceptors (Lipinski definition) is 4. The van der Waals surface area contributed by atoms with Crippen molar-refractivity contribution in [1.82, 2.24) is 0 Å². The highest BCUT2D eigenvalue weighted by molar-refractivity contribution is 8.00. The van der Waals surface area contributed by atoms with Crippen molar-refractivity contribution in [3.8, 4) is 0 Å². The summed E-state index contributed by atoms with van der Waals surface area (Å²) >= 11 is 6.98. The molecule has 0 aliphatic carbocycles. The largest absolute Gasteiger partial charge is 0.478 e. The maximum Gasteiger partial charge on any atom is 0.416 e. The molecule has 3 aromatic carbocycles. The molecule has 3 N–H and O–H groups in total. The second kappa shape index (κ2) is 10.6. The van der Waals surface area contributed by atoms with E-state index >= 15 is 0 Å². The summed E-state index contributed by atoms with van der Waals surface area (Å²) in [7, 11) is 0.